The zero-order valence-corrected chi connectivity index (χ0v) is 14.8. The Labute approximate surface area is 144 Å². The summed E-state index contributed by atoms with van der Waals surface area (Å²) in [6, 6.07) is 13.2. The first-order valence-corrected chi connectivity index (χ1v) is 9.17. The Morgan fingerprint density at radius 3 is 2.57 bits per heavy atom. The number of nitrogens with zero attached hydrogens (tertiary/aromatic N) is 1. The predicted molar refractivity (Wildman–Crippen MR) is 96.3 cm³/mol. The lowest BCUT2D eigenvalue weighted by Crippen LogP contribution is -2.44. The molecule has 23 heavy (non-hydrogen) atoms. The first-order chi connectivity index (χ1) is 10.5. The number of fused-ring (bicyclic) bond motifs is 1. The molecule has 0 saturated carbocycles. The molecule has 1 saturated heterocycles. The zero-order valence-electron chi connectivity index (χ0n) is 13.2. The number of nitrogens with two attached hydrogens (primary N) is 1. The molecule has 2 aromatic carbocycles. The Hall–Kier alpha value is -1.14. The standard InChI is InChI=1S/C17H22N2O2S.ClH/c1-13(18)16-7-4-10-19(12-16)22(20,21)17-9-8-14-5-2-3-6-15(14)11-17;/h2-3,5-6,8-9,11,13,16H,4,7,10,12,18H2,1H3;1H. The molecule has 0 aliphatic carbocycles. The molecule has 1 heterocycles. The van der Waals surface area contributed by atoms with Gasteiger partial charge in [0.2, 0.25) is 10.0 Å². The quantitative estimate of drug-likeness (QED) is 0.921. The second kappa shape index (κ2) is 7.18. The minimum atomic E-state index is -3.44. The monoisotopic (exact) mass is 354 g/mol. The molecule has 3 rings (SSSR count). The maximum atomic E-state index is 12.9. The fraction of sp³-hybridized carbons (Fsp3) is 0.412. The molecule has 0 amide bonds. The number of halogens is 1. The van der Waals surface area contributed by atoms with Crippen LogP contribution in [-0.2, 0) is 10.0 Å². The molecule has 2 N–H and O–H groups in total. The van der Waals surface area contributed by atoms with E-state index in [-0.39, 0.29) is 24.4 Å². The van der Waals surface area contributed by atoms with Gasteiger partial charge in [0, 0.05) is 19.1 Å². The van der Waals surface area contributed by atoms with Crippen molar-refractivity contribution in [3.63, 3.8) is 0 Å². The number of rotatable bonds is 3. The first kappa shape index (κ1) is 18.2. The summed E-state index contributed by atoms with van der Waals surface area (Å²) >= 11 is 0. The van der Waals surface area contributed by atoms with E-state index in [2.05, 4.69) is 0 Å². The number of benzene rings is 2. The molecule has 4 nitrogen and oxygen atoms in total. The third kappa shape index (κ3) is 3.69. The van der Waals surface area contributed by atoms with E-state index >= 15 is 0 Å². The molecule has 1 aliphatic rings. The number of piperidine rings is 1. The lowest BCUT2D eigenvalue weighted by atomic mass is 9.93. The molecule has 1 aliphatic heterocycles. The highest BCUT2D eigenvalue weighted by molar-refractivity contribution is 7.89. The van der Waals surface area contributed by atoms with Crippen molar-refractivity contribution in [1.29, 1.82) is 0 Å². The molecular weight excluding hydrogens is 332 g/mol. The Morgan fingerprint density at radius 2 is 1.87 bits per heavy atom. The summed E-state index contributed by atoms with van der Waals surface area (Å²) in [4.78, 5) is 0.372. The van der Waals surface area contributed by atoms with Gasteiger partial charge in [-0.25, -0.2) is 8.42 Å². The summed E-state index contributed by atoms with van der Waals surface area (Å²) in [6.07, 6.45) is 1.88. The van der Waals surface area contributed by atoms with Gasteiger partial charge in [0.05, 0.1) is 4.90 Å². The van der Waals surface area contributed by atoms with Crippen molar-refractivity contribution in [3.05, 3.63) is 42.5 Å². The van der Waals surface area contributed by atoms with E-state index in [9.17, 15) is 8.42 Å². The molecule has 126 valence electrons. The van der Waals surface area contributed by atoms with Crippen LogP contribution in [0.1, 0.15) is 19.8 Å². The van der Waals surface area contributed by atoms with E-state index < -0.39 is 10.0 Å². The van der Waals surface area contributed by atoms with Gasteiger partial charge >= 0.3 is 0 Å². The highest BCUT2D eigenvalue weighted by atomic mass is 35.5. The molecule has 0 radical (unpaired) electrons. The normalized spacial score (nSPS) is 20.9. The largest absolute Gasteiger partial charge is 0.328 e. The van der Waals surface area contributed by atoms with Crippen LogP contribution >= 0.6 is 12.4 Å². The molecule has 0 bridgehead atoms. The summed E-state index contributed by atoms with van der Waals surface area (Å²) in [5.41, 5.74) is 5.96. The maximum Gasteiger partial charge on any atom is 0.243 e. The number of hydrogen-bond acceptors (Lipinski definition) is 3. The molecule has 6 heteroatoms. The third-order valence-corrected chi connectivity index (χ3v) is 6.38. The van der Waals surface area contributed by atoms with Crippen LogP contribution in [0.15, 0.2) is 47.4 Å². The fourth-order valence-corrected chi connectivity index (χ4v) is 4.67. The maximum absolute atomic E-state index is 12.9. The van der Waals surface area contributed by atoms with Crippen molar-refractivity contribution >= 4 is 33.2 Å². The van der Waals surface area contributed by atoms with Crippen molar-refractivity contribution in [1.82, 2.24) is 4.31 Å². The minimum absolute atomic E-state index is 0. The first-order valence-electron chi connectivity index (χ1n) is 7.73. The summed E-state index contributed by atoms with van der Waals surface area (Å²) in [5.74, 6) is 0.240. The topological polar surface area (TPSA) is 63.4 Å². The van der Waals surface area contributed by atoms with E-state index in [4.69, 9.17) is 5.73 Å². The van der Waals surface area contributed by atoms with Crippen molar-refractivity contribution in [2.75, 3.05) is 13.1 Å². The van der Waals surface area contributed by atoms with Crippen LogP contribution < -0.4 is 5.73 Å². The van der Waals surface area contributed by atoms with Crippen molar-refractivity contribution in [2.45, 2.75) is 30.7 Å². The van der Waals surface area contributed by atoms with Gasteiger partial charge in [0.15, 0.2) is 0 Å². The molecule has 1 fully saturated rings. The minimum Gasteiger partial charge on any atom is -0.328 e. The molecule has 2 aromatic rings. The summed E-state index contributed by atoms with van der Waals surface area (Å²) in [6.45, 7) is 3.06. The van der Waals surface area contributed by atoms with Crippen LogP contribution in [0.4, 0.5) is 0 Å². The van der Waals surface area contributed by atoms with Crippen molar-refractivity contribution < 1.29 is 8.42 Å². The van der Waals surface area contributed by atoms with Gasteiger partial charge in [0.1, 0.15) is 0 Å². The van der Waals surface area contributed by atoms with Gasteiger partial charge in [-0.2, -0.15) is 4.31 Å². The summed E-state index contributed by atoms with van der Waals surface area (Å²) < 4.78 is 27.4. The van der Waals surface area contributed by atoms with Crippen LogP contribution in [0.25, 0.3) is 10.8 Å². The van der Waals surface area contributed by atoms with Crippen LogP contribution in [0.2, 0.25) is 0 Å². The van der Waals surface area contributed by atoms with E-state index in [1.165, 1.54) is 0 Å². The van der Waals surface area contributed by atoms with Crippen LogP contribution in [-0.4, -0.2) is 31.9 Å². The summed E-state index contributed by atoms with van der Waals surface area (Å²) in [7, 11) is -3.44. The lowest BCUT2D eigenvalue weighted by Gasteiger charge is -2.33. The smallest absolute Gasteiger partial charge is 0.243 e. The Kier molecular flexibility index (Phi) is 5.68. The molecule has 2 unspecified atom stereocenters. The lowest BCUT2D eigenvalue weighted by molar-refractivity contribution is 0.243. The van der Waals surface area contributed by atoms with Crippen LogP contribution in [0.3, 0.4) is 0 Å². The highest BCUT2D eigenvalue weighted by Gasteiger charge is 2.31. The number of sulfonamides is 1. The SMILES string of the molecule is CC(N)C1CCCN(S(=O)(=O)c2ccc3ccccc3c2)C1.Cl. The second-order valence-electron chi connectivity index (χ2n) is 6.13. The molecule has 0 aromatic heterocycles. The average molecular weight is 355 g/mol. The van der Waals surface area contributed by atoms with Gasteiger partial charge in [0.25, 0.3) is 0 Å². The average Bonchev–Trinajstić information content (AvgIpc) is 2.54. The van der Waals surface area contributed by atoms with Gasteiger partial charge in [-0.15, -0.1) is 12.4 Å². The van der Waals surface area contributed by atoms with Crippen molar-refractivity contribution in [2.24, 2.45) is 11.7 Å². The Morgan fingerprint density at radius 1 is 1.17 bits per heavy atom. The highest BCUT2D eigenvalue weighted by Crippen LogP contribution is 2.27. The fourth-order valence-electron chi connectivity index (χ4n) is 3.10. The van der Waals surface area contributed by atoms with Crippen LogP contribution in [0, 0.1) is 5.92 Å². The van der Waals surface area contributed by atoms with Crippen LogP contribution in [0.5, 0.6) is 0 Å². The zero-order chi connectivity index (χ0) is 15.7. The van der Waals surface area contributed by atoms with Gasteiger partial charge in [-0.3, -0.25) is 0 Å². The van der Waals surface area contributed by atoms with E-state index in [1.54, 1.807) is 16.4 Å². The molecule has 0 spiro atoms. The van der Waals surface area contributed by atoms with Gasteiger partial charge in [-0.05, 0) is 48.6 Å². The van der Waals surface area contributed by atoms with Gasteiger partial charge in [-0.1, -0.05) is 30.3 Å². The van der Waals surface area contributed by atoms with E-state index in [0.29, 0.717) is 18.0 Å². The second-order valence-corrected chi connectivity index (χ2v) is 8.07. The van der Waals surface area contributed by atoms with E-state index in [1.807, 2.05) is 37.3 Å². The predicted octanol–water partition coefficient (Wildman–Crippen LogP) is 3.01. The number of hydrogen-bond donors (Lipinski definition) is 1. The molecular formula is C17H23ClN2O2S. The summed E-state index contributed by atoms with van der Waals surface area (Å²) in [5, 5.41) is 2.00. The Balaban J connectivity index is 0.00000192. The van der Waals surface area contributed by atoms with E-state index in [0.717, 1.165) is 23.6 Å². The Bertz CT molecular complexity index is 777. The molecule has 2 atom stereocenters. The van der Waals surface area contributed by atoms with Gasteiger partial charge < -0.3 is 5.73 Å². The van der Waals surface area contributed by atoms with Crippen molar-refractivity contribution in [3.8, 4) is 0 Å². The third-order valence-electron chi connectivity index (χ3n) is 4.52.